The normalized spacial score (nSPS) is 10.8. The lowest BCUT2D eigenvalue weighted by Gasteiger charge is -2.30. The van der Waals surface area contributed by atoms with Crippen molar-refractivity contribution in [2.45, 2.75) is 39.7 Å². The highest BCUT2D eigenvalue weighted by Gasteiger charge is 2.22. The number of halogens is 1. The number of carbonyl (C=O) groups is 1. The number of rotatable bonds is 6. The second-order valence-electron chi connectivity index (χ2n) is 4.77. The van der Waals surface area contributed by atoms with Crippen molar-refractivity contribution in [1.29, 1.82) is 0 Å². The van der Waals surface area contributed by atoms with E-state index in [1.165, 1.54) is 12.1 Å². The molecule has 0 radical (unpaired) electrons. The van der Waals surface area contributed by atoms with E-state index in [0.29, 0.717) is 18.7 Å². The molecule has 19 heavy (non-hydrogen) atoms. The zero-order valence-corrected chi connectivity index (χ0v) is 11.9. The van der Waals surface area contributed by atoms with Crippen molar-refractivity contribution < 1.29 is 9.18 Å². The third kappa shape index (κ3) is 4.03. The van der Waals surface area contributed by atoms with E-state index in [1.807, 2.05) is 13.8 Å². The summed E-state index contributed by atoms with van der Waals surface area (Å²) in [4.78, 5) is 14.3. The maximum absolute atomic E-state index is 13.4. The molecule has 0 saturated carbocycles. The van der Waals surface area contributed by atoms with Crippen molar-refractivity contribution in [1.82, 2.24) is 4.90 Å². The highest BCUT2D eigenvalue weighted by atomic mass is 19.1. The Bertz CT molecular complexity index is 410. The number of benzene rings is 1. The Kier molecular flexibility index (Phi) is 5.96. The predicted molar refractivity (Wildman–Crippen MR) is 75.6 cm³/mol. The second-order valence-corrected chi connectivity index (χ2v) is 4.77. The van der Waals surface area contributed by atoms with Crippen LogP contribution in [0.15, 0.2) is 18.2 Å². The van der Waals surface area contributed by atoms with Crippen LogP contribution in [-0.4, -0.2) is 29.9 Å². The summed E-state index contributed by atoms with van der Waals surface area (Å²) in [6, 6.07) is 4.58. The van der Waals surface area contributed by atoms with Gasteiger partial charge < -0.3 is 10.6 Å². The first-order valence-electron chi connectivity index (χ1n) is 6.81. The van der Waals surface area contributed by atoms with E-state index in [-0.39, 0.29) is 17.8 Å². The van der Waals surface area contributed by atoms with Gasteiger partial charge in [0.15, 0.2) is 0 Å². The molecule has 0 bridgehead atoms. The minimum atomic E-state index is -0.374. The minimum absolute atomic E-state index is 0.137. The van der Waals surface area contributed by atoms with Gasteiger partial charge in [-0.3, -0.25) is 4.79 Å². The molecule has 0 saturated heterocycles. The van der Waals surface area contributed by atoms with Crippen molar-refractivity contribution in [2.24, 2.45) is 5.73 Å². The van der Waals surface area contributed by atoms with Crippen LogP contribution < -0.4 is 5.73 Å². The molecule has 2 N–H and O–H groups in total. The smallest absolute Gasteiger partial charge is 0.254 e. The van der Waals surface area contributed by atoms with Gasteiger partial charge in [-0.05, 0) is 43.5 Å². The Morgan fingerprint density at radius 1 is 1.32 bits per heavy atom. The Morgan fingerprint density at radius 2 is 1.95 bits per heavy atom. The van der Waals surface area contributed by atoms with Crippen LogP contribution in [0.25, 0.3) is 0 Å². The molecule has 3 nitrogen and oxygen atoms in total. The van der Waals surface area contributed by atoms with E-state index < -0.39 is 0 Å². The van der Waals surface area contributed by atoms with E-state index in [1.54, 1.807) is 17.9 Å². The molecule has 106 valence electrons. The van der Waals surface area contributed by atoms with E-state index in [2.05, 4.69) is 0 Å². The van der Waals surface area contributed by atoms with Crippen LogP contribution in [0.2, 0.25) is 0 Å². The lowest BCUT2D eigenvalue weighted by molar-refractivity contribution is 0.0673. The summed E-state index contributed by atoms with van der Waals surface area (Å²) < 4.78 is 13.4. The highest BCUT2D eigenvalue weighted by Crippen LogP contribution is 2.15. The molecular formula is C15H23FN2O. The van der Waals surface area contributed by atoms with Crippen molar-refractivity contribution in [3.05, 3.63) is 35.1 Å². The van der Waals surface area contributed by atoms with Crippen LogP contribution in [0, 0.1) is 12.7 Å². The molecule has 4 heteroatoms. The number of nitrogens with zero attached hydrogens (tertiary/aromatic N) is 1. The molecule has 0 aliphatic heterocycles. The first-order chi connectivity index (χ1) is 9.03. The number of hydrogen-bond donors (Lipinski definition) is 1. The fourth-order valence-corrected chi connectivity index (χ4v) is 2.34. The fraction of sp³-hybridized carbons (Fsp3) is 0.533. The summed E-state index contributed by atoms with van der Waals surface area (Å²) in [6.07, 6.45) is 1.74. The van der Waals surface area contributed by atoms with Gasteiger partial charge >= 0.3 is 0 Å². The van der Waals surface area contributed by atoms with Gasteiger partial charge in [0.1, 0.15) is 5.82 Å². The van der Waals surface area contributed by atoms with Gasteiger partial charge in [0, 0.05) is 24.7 Å². The van der Waals surface area contributed by atoms with Crippen LogP contribution in [0.5, 0.6) is 0 Å². The van der Waals surface area contributed by atoms with Crippen LogP contribution >= 0.6 is 0 Å². The average Bonchev–Trinajstić information content (AvgIpc) is 2.37. The quantitative estimate of drug-likeness (QED) is 0.860. The van der Waals surface area contributed by atoms with E-state index in [0.717, 1.165) is 18.4 Å². The van der Waals surface area contributed by atoms with Crippen molar-refractivity contribution in [3.8, 4) is 0 Å². The molecule has 0 spiro atoms. The molecule has 0 aliphatic carbocycles. The van der Waals surface area contributed by atoms with Gasteiger partial charge in [0.25, 0.3) is 5.91 Å². The van der Waals surface area contributed by atoms with Crippen LogP contribution in [0.1, 0.15) is 42.6 Å². The summed E-state index contributed by atoms with van der Waals surface area (Å²) >= 11 is 0. The summed E-state index contributed by atoms with van der Waals surface area (Å²) in [5.74, 6) is -0.512. The first-order valence-corrected chi connectivity index (χ1v) is 6.81. The lowest BCUT2D eigenvalue weighted by Crippen LogP contribution is -2.42. The Balaban J connectivity index is 3.04. The summed E-state index contributed by atoms with van der Waals surface area (Å²) in [5, 5.41) is 0. The number of aryl methyl sites for hydroxylation is 1. The van der Waals surface area contributed by atoms with E-state index >= 15 is 0 Å². The van der Waals surface area contributed by atoms with Gasteiger partial charge in [-0.25, -0.2) is 4.39 Å². The lowest BCUT2D eigenvalue weighted by atomic mass is 10.1. The molecule has 0 heterocycles. The molecule has 1 aromatic rings. The fourth-order valence-electron chi connectivity index (χ4n) is 2.34. The van der Waals surface area contributed by atoms with Crippen molar-refractivity contribution in [3.63, 3.8) is 0 Å². The molecule has 0 unspecified atom stereocenters. The molecule has 0 atom stereocenters. The Labute approximate surface area is 114 Å². The second kappa shape index (κ2) is 7.24. The van der Waals surface area contributed by atoms with E-state index in [4.69, 9.17) is 5.73 Å². The molecule has 1 aromatic carbocycles. The monoisotopic (exact) mass is 266 g/mol. The topological polar surface area (TPSA) is 46.3 Å². The third-order valence-electron chi connectivity index (χ3n) is 3.30. The number of carbonyl (C=O) groups excluding carboxylic acids is 1. The number of amides is 1. The molecule has 0 aromatic heterocycles. The molecule has 1 rings (SSSR count). The summed E-state index contributed by atoms with van der Waals surface area (Å²) in [7, 11) is 0. The highest BCUT2D eigenvalue weighted by molar-refractivity contribution is 5.94. The zero-order chi connectivity index (χ0) is 14.4. The zero-order valence-electron chi connectivity index (χ0n) is 11.9. The SMILES string of the molecule is CCC(CC)N(CCN)C(=O)c1cc(C)cc(F)c1. The van der Waals surface area contributed by atoms with Gasteiger partial charge in [-0.1, -0.05) is 13.8 Å². The maximum atomic E-state index is 13.4. The first kappa shape index (κ1) is 15.6. The molecular weight excluding hydrogens is 243 g/mol. The largest absolute Gasteiger partial charge is 0.334 e. The van der Waals surface area contributed by atoms with Crippen LogP contribution in [-0.2, 0) is 0 Å². The van der Waals surface area contributed by atoms with Gasteiger partial charge in [0.2, 0.25) is 0 Å². The van der Waals surface area contributed by atoms with E-state index in [9.17, 15) is 9.18 Å². The number of nitrogens with two attached hydrogens (primary N) is 1. The number of hydrogen-bond acceptors (Lipinski definition) is 2. The maximum Gasteiger partial charge on any atom is 0.254 e. The van der Waals surface area contributed by atoms with Gasteiger partial charge in [0.05, 0.1) is 0 Å². The van der Waals surface area contributed by atoms with Crippen LogP contribution in [0.4, 0.5) is 4.39 Å². The molecule has 1 amide bonds. The Hall–Kier alpha value is -1.42. The summed E-state index contributed by atoms with van der Waals surface area (Å²) in [6.45, 7) is 6.78. The molecule has 0 aliphatic rings. The minimum Gasteiger partial charge on any atom is -0.334 e. The van der Waals surface area contributed by atoms with Gasteiger partial charge in [-0.15, -0.1) is 0 Å². The molecule has 0 fully saturated rings. The predicted octanol–water partition coefficient (Wildman–Crippen LogP) is 2.72. The summed E-state index contributed by atoms with van der Waals surface area (Å²) in [5.41, 5.74) is 6.74. The van der Waals surface area contributed by atoms with Crippen LogP contribution in [0.3, 0.4) is 0 Å². The van der Waals surface area contributed by atoms with Gasteiger partial charge in [-0.2, -0.15) is 0 Å². The third-order valence-corrected chi connectivity index (χ3v) is 3.30. The average molecular weight is 266 g/mol. The standard InChI is InChI=1S/C15H23FN2O/c1-4-14(5-2)18(7-6-17)15(19)12-8-11(3)9-13(16)10-12/h8-10,14H,4-7,17H2,1-3H3. The Morgan fingerprint density at radius 3 is 2.42 bits per heavy atom. The van der Waals surface area contributed by atoms with Crippen molar-refractivity contribution >= 4 is 5.91 Å². The van der Waals surface area contributed by atoms with Crippen molar-refractivity contribution in [2.75, 3.05) is 13.1 Å².